The second-order valence-corrected chi connectivity index (χ2v) is 14.7. The van der Waals surface area contributed by atoms with Crippen molar-refractivity contribution in [2.45, 2.75) is 69.7 Å². The zero-order valence-corrected chi connectivity index (χ0v) is 21.0. The fourth-order valence-corrected chi connectivity index (χ4v) is 11.2. The molecule has 0 spiro atoms. The number of carbonyl (C=O) groups is 1. The molecule has 0 unspecified atom stereocenters. The summed E-state index contributed by atoms with van der Waals surface area (Å²) in [6, 6.07) is 5.80. The predicted octanol–water partition coefficient (Wildman–Crippen LogP) is 4.01. The van der Waals surface area contributed by atoms with Gasteiger partial charge in [0.15, 0.2) is 15.0 Å². The third-order valence-electron chi connectivity index (χ3n) is 8.91. The van der Waals surface area contributed by atoms with Crippen molar-refractivity contribution < 1.29 is 13.2 Å². The molecule has 1 saturated heterocycles. The van der Waals surface area contributed by atoms with E-state index in [2.05, 4.69) is 22.5 Å². The maximum Gasteiger partial charge on any atom is 0.251 e. The highest BCUT2D eigenvalue weighted by molar-refractivity contribution is 8.15. The Balaban J connectivity index is 1.15. The van der Waals surface area contributed by atoms with Gasteiger partial charge in [-0.1, -0.05) is 17.8 Å². The van der Waals surface area contributed by atoms with E-state index in [1.54, 1.807) is 0 Å². The molecule has 1 aromatic rings. The van der Waals surface area contributed by atoms with Gasteiger partial charge in [-0.15, -0.1) is 0 Å². The number of thioether (sulfide) groups is 1. The summed E-state index contributed by atoms with van der Waals surface area (Å²) in [4.78, 5) is 17.8. The minimum absolute atomic E-state index is 0.00502. The van der Waals surface area contributed by atoms with Crippen LogP contribution in [0.4, 0.5) is 5.69 Å². The molecule has 7 rings (SSSR count). The van der Waals surface area contributed by atoms with Crippen molar-refractivity contribution >= 4 is 38.4 Å². The molecule has 3 atom stereocenters. The molecule has 6 nitrogen and oxygen atoms in total. The number of hydrogen-bond donors (Lipinski definition) is 2. The number of aliphatic imine (C=N–C) groups is 1. The Morgan fingerprint density at radius 1 is 1.12 bits per heavy atom. The highest BCUT2D eigenvalue weighted by atomic mass is 32.2. The lowest BCUT2D eigenvalue weighted by Crippen LogP contribution is -2.55. The maximum atomic E-state index is 13.2. The molecule has 0 aromatic heterocycles. The minimum Gasteiger partial charge on any atom is -0.349 e. The topological polar surface area (TPSA) is 87.6 Å². The molecule has 5 fully saturated rings. The van der Waals surface area contributed by atoms with Crippen LogP contribution < -0.4 is 10.6 Å². The van der Waals surface area contributed by atoms with Crippen molar-refractivity contribution in [2.24, 2.45) is 28.2 Å². The van der Waals surface area contributed by atoms with Gasteiger partial charge in [-0.2, -0.15) is 0 Å². The Morgan fingerprint density at radius 3 is 2.42 bits per heavy atom. The largest absolute Gasteiger partial charge is 0.349 e. The zero-order chi connectivity index (χ0) is 23.0. The number of nitrogens with zero attached hydrogens (tertiary/aromatic N) is 1. The fourth-order valence-electron chi connectivity index (χ4n) is 7.57. The van der Waals surface area contributed by atoms with Crippen LogP contribution in [0.2, 0.25) is 0 Å². The van der Waals surface area contributed by atoms with Crippen molar-refractivity contribution in [3.05, 3.63) is 29.3 Å². The number of rotatable bonds is 4. The van der Waals surface area contributed by atoms with E-state index in [0.717, 1.165) is 34.2 Å². The Labute approximate surface area is 200 Å². The Hall–Kier alpha value is -1.54. The number of hydrogen-bond acceptors (Lipinski definition) is 6. The van der Waals surface area contributed by atoms with E-state index < -0.39 is 9.84 Å². The Bertz CT molecular complexity index is 1090. The molecule has 4 aliphatic carbocycles. The molecule has 1 aromatic carbocycles. The number of anilines is 1. The van der Waals surface area contributed by atoms with Gasteiger partial charge in [0.25, 0.3) is 5.91 Å². The molecular weight excluding hydrogens is 454 g/mol. The summed E-state index contributed by atoms with van der Waals surface area (Å²) < 4.78 is 23.6. The second-order valence-electron chi connectivity index (χ2n) is 11.4. The number of benzene rings is 1. The van der Waals surface area contributed by atoms with E-state index in [-0.39, 0.29) is 40.2 Å². The number of aryl methyl sites for hydroxylation is 1. The van der Waals surface area contributed by atoms with Crippen LogP contribution in [-0.4, -0.2) is 48.3 Å². The molecule has 0 radical (unpaired) electrons. The highest BCUT2D eigenvalue weighted by Gasteiger charge is 2.53. The number of sulfone groups is 1. The number of amides is 1. The van der Waals surface area contributed by atoms with Gasteiger partial charge in [-0.3, -0.25) is 9.79 Å². The smallest absolute Gasteiger partial charge is 0.251 e. The first-order chi connectivity index (χ1) is 15.7. The normalized spacial score (nSPS) is 38.6. The maximum absolute atomic E-state index is 13.2. The highest BCUT2D eigenvalue weighted by Crippen LogP contribution is 2.61. The van der Waals surface area contributed by atoms with Crippen LogP contribution in [0.15, 0.2) is 23.2 Å². The summed E-state index contributed by atoms with van der Waals surface area (Å²) in [6.07, 6.45) is 8.04. The quantitative estimate of drug-likeness (QED) is 0.670. The first kappa shape index (κ1) is 22.0. The molecule has 178 valence electrons. The van der Waals surface area contributed by atoms with E-state index in [9.17, 15) is 13.2 Å². The van der Waals surface area contributed by atoms with E-state index >= 15 is 0 Å². The zero-order valence-electron chi connectivity index (χ0n) is 19.3. The van der Waals surface area contributed by atoms with Crippen LogP contribution in [0, 0.1) is 30.1 Å². The van der Waals surface area contributed by atoms with Gasteiger partial charge in [-0.25, -0.2) is 8.42 Å². The number of carbonyl (C=O) groups excluding carboxylic acids is 1. The summed E-state index contributed by atoms with van der Waals surface area (Å²) in [5, 5.41) is 7.48. The number of amidine groups is 1. The average Bonchev–Trinajstić information content (AvgIpc) is 3.21. The summed E-state index contributed by atoms with van der Waals surface area (Å²) >= 11 is 1.50. The molecule has 2 N–H and O–H groups in total. The van der Waals surface area contributed by atoms with Crippen molar-refractivity contribution in [1.82, 2.24) is 5.32 Å². The van der Waals surface area contributed by atoms with Gasteiger partial charge >= 0.3 is 0 Å². The SMILES string of the molecule is Cc1ccc(C(=O)N[C@H](C)C23CC4CC(CC(C4)C2)C3)cc1NC1=N[C@@H]2CS(=O)(=O)C[C@@H]2S1. The fraction of sp³-hybridized carbons (Fsp3) is 0.680. The molecule has 2 aliphatic heterocycles. The van der Waals surface area contributed by atoms with Crippen molar-refractivity contribution in [3.8, 4) is 0 Å². The van der Waals surface area contributed by atoms with Crippen LogP contribution >= 0.6 is 11.8 Å². The molecule has 2 heterocycles. The van der Waals surface area contributed by atoms with Crippen LogP contribution in [0.5, 0.6) is 0 Å². The predicted molar refractivity (Wildman–Crippen MR) is 134 cm³/mol. The van der Waals surface area contributed by atoms with E-state index in [1.165, 1.54) is 50.3 Å². The van der Waals surface area contributed by atoms with Gasteiger partial charge in [0.1, 0.15) is 0 Å². The lowest BCUT2D eigenvalue weighted by atomic mass is 9.48. The van der Waals surface area contributed by atoms with Gasteiger partial charge in [0, 0.05) is 22.5 Å². The van der Waals surface area contributed by atoms with Gasteiger partial charge in [0.05, 0.1) is 17.5 Å². The van der Waals surface area contributed by atoms with Crippen LogP contribution in [0.1, 0.15) is 61.4 Å². The number of fused-ring (bicyclic) bond motifs is 1. The molecule has 6 aliphatic rings. The van der Waals surface area contributed by atoms with Gasteiger partial charge < -0.3 is 10.6 Å². The average molecular weight is 488 g/mol. The van der Waals surface area contributed by atoms with Crippen molar-refractivity contribution in [1.29, 1.82) is 0 Å². The van der Waals surface area contributed by atoms with E-state index in [1.807, 2.05) is 25.1 Å². The monoisotopic (exact) mass is 487 g/mol. The first-order valence-corrected chi connectivity index (χ1v) is 15.0. The third kappa shape index (κ3) is 4.01. The summed E-state index contributed by atoms with van der Waals surface area (Å²) in [5.41, 5.74) is 2.84. The number of nitrogens with one attached hydrogen (secondary N) is 2. The molecule has 4 bridgehead atoms. The molecule has 1 amide bonds. The summed E-state index contributed by atoms with van der Waals surface area (Å²) in [5.74, 6) is 2.92. The lowest BCUT2D eigenvalue weighted by molar-refractivity contribution is -0.0688. The summed E-state index contributed by atoms with van der Waals surface area (Å²) in [7, 11) is -2.96. The molecule has 4 saturated carbocycles. The Kier molecular flexibility index (Phi) is 5.15. The van der Waals surface area contributed by atoms with Crippen LogP contribution in [-0.2, 0) is 9.84 Å². The molecular formula is C25H33N3O3S2. The van der Waals surface area contributed by atoms with Crippen LogP contribution in [0.3, 0.4) is 0 Å². The Morgan fingerprint density at radius 2 is 1.79 bits per heavy atom. The van der Waals surface area contributed by atoms with Crippen molar-refractivity contribution in [3.63, 3.8) is 0 Å². The second kappa shape index (κ2) is 7.74. The minimum atomic E-state index is -2.96. The van der Waals surface area contributed by atoms with Crippen molar-refractivity contribution in [2.75, 3.05) is 16.8 Å². The molecule has 33 heavy (non-hydrogen) atoms. The summed E-state index contributed by atoms with van der Waals surface area (Å²) in [6.45, 7) is 4.22. The lowest BCUT2D eigenvalue weighted by Gasteiger charge is -2.59. The molecule has 8 heteroatoms. The van der Waals surface area contributed by atoms with E-state index in [4.69, 9.17) is 0 Å². The van der Waals surface area contributed by atoms with Crippen LogP contribution in [0.25, 0.3) is 0 Å². The van der Waals surface area contributed by atoms with Gasteiger partial charge in [-0.05, 0) is 93.2 Å². The van der Waals surface area contributed by atoms with E-state index in [0.29, 0.717) is 5.56 Å². The third-order valence-corrected chi connectivity index (χ3v) is 12.1. The first-order valence-electron chi connectivity index (χ1n) is 12.3. The van der Waals surface area contributed by atoms with Gasteiger partial charge in [0.2, 0.25) is 0 Å². The standard InChI is InChI=1S/C25H33N3O3S2/c1-14-3-4-19(8-20(14)27-24-28-21-12-33(30,31)13-22(21)32-24)23(29)26-15(2)25-9-16-5-17(10-25)7-18(6-16)11-25/h3-4,8,15-18,21-22H,5-7,9-13H2,1-2H3,(H,26,29)(H,27,28)/t15-,16?,17?,18?,21-,22+,25?/m1/s1.